The van der Waals surface area contributed by atoms with Crippen LogP contribution in [0, 0.1) is 18.3 Å². The molecule has 1 aromatic heterocycles. The Morgan fingerprint density at radius 2 is 1.85 bits per heavy atom. The molecule has 0 fully saturated rings. The minimum absolute atomic E-state index is 0.488. The molecule has 136 valence electrons. The van der Waals surface area contributed by atoms with Crippen molar-refractivity contribution < 1.29 is 0 Å². The zero-order chi connectivity index (χ0) is 19.2. The molecule has 3 nitrogen and oxygen atoms in total. The Hall–Kier alpha value is -2.64. The van der Waals surface area contributed by atoms with Gasteiger partial charge in [0.25, 0.3) is 0 Å². The lowest BCUT2D eigenvalue weighted by molar-refractivity contribution is 0.600. The monoisotopic (exact) mass is 371 g/mol. The van der Waals surface area contributed by atoms with E-state index in [1.807, 2.05) is 12.1 Å². The van der Waals surface area contributed by atoms with E-state index in [4.69, 9.17) is 5.10 Å². The van der Waals surface area contributed by atoms with Crippen molar-refractivity contribution >= 4 is 13.4 Å². The summed E-state index contributed by atoms with van der Waals surface area (Å²) in [4.78, 5) is 0. The Kier molecular flexibility index (Phi) is 4.28. The smallest absolute Gasteiger partial charge is 0.104 e. The minimum Gasteiger partial charge on any atom is -0.268 e. The molecular formula is C23H25N3Si. The van der Waals surface area contributed by atoms with Gasteiger partial charge >= 0.3 is 0 Å². The first-order valence-electron chi connectivity index (χ1n) is 9.54. The van der Waals surface area contributed by atoms with Gasteiger partial charge in [-0.05, 0) is 42.2 Å². The van der Waals surface area contributed by atoms with Crippen molar-refractivity contribution in [1.82, 2.24) is 9.78 Å². The molecule has 3 aromatic rings. The van der Waals surface area contributed by atoms with Gasteiger partial charge in [0.2, 0.25) is 0 Å². The first kappa shape index (κ1) is 17.8. The first-order chi connectivity index (χ1) is 12.9. The zero-order valence-corrected chi connectivity index (χ0v) is 17.5. The number of nitrogens with zero attached hydrogens (tertiary/aromatic N) is 3. The summed E-state index contributed by atoms with van der Waals surface area (Å²) in [5, 5.41) is 15.6. The van der Waals surface area contributed by atoms with Gasteiger partial charge in [0.15, 0.2) is 0 Å². The Balaban J connectivity index is 1.84. The Labute approximate surface area is 162 Å². The zero-order valence-electron chi connectivity index (χ0n) is 16.5. The van der Waals surface area contributed by atoms with Crippen molar-refractivity contribution in [2.24, 2.45) is 0 Å². The van der Waals surface area contributed by atoms with Crippen LogP contribution in [0.1, 0.15) is 28.3 Å². The average molecular weight is 372 g/mol. The van der Waals surface area contributed by atoms with Crippen LogP contribution in [-0.2, 0) is 13.0 Å². The summed E-state index contributed by atoms with van der Waals surface area (Å²) >= 11 is 0. The molecule has 27 heavy (non-hydrogen) atoms. The van der Waals surface area contributed by atoms with Crippen molar-refractivity contribution in [3.8, 4) is 17.2 Å². The van der Waals surface area contributed by atoms with Crippen LogP contribution < -0.4 is 5.32 Å². The summed E-state index contributed by atoms with van der Waals surface area (Å²) in [5.41, 5.74) is 7.19. The summed E-state index contributed by atoms with van der Waals surface area (Å²) in [7, 11) is -1.60. The van der Waals surface area contributed by atoms with Crippen LogP contribution in [0.15, 0.2) is 48.5 Å². The third-order valence-corrected chi connectivity index (χ3v) is 7.27. The second-order valence-corrected chi connectivity index (χ2v) is 13.5. The van der Waals surface area contributed by atoms with Gasteiger partial charge in [0.05, 0.1) is 16.9 Å². The van der Waals surface area contributed by atoms with Gasteiger partial charge in [-0.3, -0.25) is 4.68 Å². The number of aromatic nitrogens is 2. The van der Waals surface area contributed by atoms with Gasteiger partial charge in [-0.15, -0.1) is 0 Å². The molecule has 0 radical (unpaired) electrons. The van der Waals surface area contributed by atoms with E-state index in [0.29, 0.717) is 5.92 Å². The highest BCUT2D eigenvalue weighted by molar-refractivity contribution is 6.89. The number of hydrogen-bond acceptors (Lipinski definition) is 2. The molecule has 0 N–H and O–H groups in total. The maximum absolute atomic E-state index is 9.22. The summed E-state index contributed by atoms with van der Waals surface area (Å²) in [6.45, 7) is 10.1. The molecule has 0 saturated carbocycles. The largest absolute Gasteiger partial charge is 0.268 e. The quantitative estimate of drug-likeness (QED) is 0.631. The fraction of sp³-hybridized carbons (Fsp3) is 0.304. The van der Waals surface area contributed by atoms with Crippen LogP contribution >= 0.6 is 0 Å². The number of benzene rings is 2. The highest BCUT2D eigenvalue weighted by Gasteiger charge is 2.34. The van der Waals surface area contributed by atoms with Crippen LogP contribution in [-0.4, -0.2) is 17.9 Å². The molecule has 1 aliphatic heterocycles. The predicted octanol–water partition coefficient (Wildman–Crippen LogP) is 4.62. The van der Waals surface area contributed by atoms with Crippen molar-refractivity contribution in [1.29, 1.82) is 5.26 Å². The standard InChI is InChI=1S/C23H25N3Si/c1-16-12-17(14-24)10-11-20(16)22-21-13-19(18-8-6-5-7-9-18)15-26(21)25-23(22)27(2,3)4/h5-12,19H,13,15H2,1-4H3/t19-/m1/s1. The highest BCUT2D eigenvalue weighted by Crippen LogP contribution is 2.36. The lowest BCUT2D eigenvalue weighted by Crippen LogP contribution is -2.40. The van der Waals surface area contributed by atoms with E-state index in [0.717, 1.165) is 24.1 Å². The average Bonchev–Trinajstić information content (AvgIpc) is 3.20. The van der Waals surface area contributed by atoms with Crippen LogP contribution in [0.2, 0.25) is 19.6 Å². The second kappa shape index (κ2) is 6.51. The maximum Gasteiger partial charge on any atom is 0.104 e. The molecule has 1 atom stereocenters. The van der Waals surface area contributed by atoms with Crippen LogP contribution in [0.5, 0.6) is 0 Å². The number of fused-ring (bicyclic) bond motifs is 1. The van der Waals surface area contributed by atoms with Crippen LogP contribution in [0.3, 0.4) is 0 Å². The predicted molar refractivity (Wildman–Crippen MR) is 113 cm³/mol. The molecule has 0 amide bonds. The lowest BCUT2D eigenvalue weighted by atomic mass is 9.93. The molecule has 2 heterocycles. The Morgan fingerprint density at radius 3 is 2.48 bits per heavy atom. The van der Waals surface area contributed by atoms with Crippen molar-refractivity contribution in [2.45, 2.75) is 45.4 Å². The van der Waals surface area contributed by atoms with E-state index >= 15 is 0 Å². The molecule has 0 bridgehead atoms. The molecule has 2 aromatic carbocycles. The molecule has 0 aliphatic carbocycles. The molecule has 0 saturated heterocycles. The van der Waals surface area contributed by atoms with E-state index in [2.05, 4.69) is 73.7 Å². The fourth-order valence-corrected chi connectivity index (χ4v) is 5.58. The molecule has 4 heteroatoms. The Bertz CT molecular complexity index is 1040. The highest BCUT2D eigenvalue weighted by atomic mass is 28.3. The van der Waals surface area contributed by atoms with E-state index in [-0.39, 0.29) is 0 Å². The number of nitriles is 1. The van der Waals surface area contributed by atoms with Gasteiger partial charge in [0, 0.05) is 23.7 Å². The molecule has 4 rings (SSSR count). The summed E-state index contributed by atoms with van der Waals surface area (Å²) in [6, 6.07) is 19.1. The van der Waals surface area contributed by atoms with Crippen molar-refractivity contribution in [3.05, 3.63) is 70.9 Å². The Morgan fingerprint density at radius 1 is 1.11 bits per heavy atom. The fourth-order valence-electron chi connectivity index (χ4n) is 4.13. The van der Waals surface area contributed by atoms with Gasteiger partial charge in [-0.25, -0.2) is 0 Å². The SMILES string of the molecule is Cc1cc(C#N)ccc1-c1c([Si](C)(C)C)nn2c1C[C@@H](c1ccccc1)C2. The first-order valence-corrected chi connectivity index (χ1v) is 13.0. The van der Waals surface area contributed by atoms with E-state index < -0.39 is 8.07 Å². The summed E-state index contributed by atoms with van der Waals surface area (Å²) in [6.07, 6.45) is 1.02. The lowest BCUT2D eigenvalue weighted by Gasteiger charge is -2.18. The maximum atomic E-state index is 9.22. The third-order valence-electron chi connectivity index (χ3n) is 5.50. The van der Waals surface area contributed by atoms with E-state index in [9.17, 15) is 5.26 Å². The van der Waals surface area contributed by atoms with Crippen LogP contribution in [0.4, 0.5) is 0 Å². The van der Waals surface area contributed by atoms with Gasteiger partial charge in [-0.2, -0.15) is 10.4 Å². The van der Waals surface area contributed by atoms with E-state index in [1.165, 1.54) is 27.7 Å². The summed E-state index contributed by atoms with van der Waals surface area (Å²) in [5.74, 6) is 0.488. The van der Waals surface area contributed by atoms with E-state index in [1.54, 1.807) is 0 Å². The molecule has 0 unspecified atom stereocenters. The molecule has 1 aliphatic rings. The van der Waals surface area contributed by atoms with Gasteiger partial charge in [0.1, 0.15) is 8.07 Å². The van der Waals surface area contributed by atoms with Crippen molar-refractivity contribution in [3.63, 3.8) is 0 Å². The van der Waals surface area contributed by atoms with Crippen LogP contribution in [0.25, 0.3) is 11.1 Å². The second-order valence-electron chi connectivity index (χ2n) is 8.56. The number of hydrogen-bond donors (Lipinski definition) is 0. The van der Waals surface area contributed by atoms with Crippen molar-refractivity contribution in [2.75, 3.05) is 0 Å². The normalized spacial score (nSPS) is 16.2. The summed E-state index contributed by atoms with van der Waals surface area (Å²) < 4.78 is 2.25. The molecule has 0 spiro atoms. The van der Waals surface area contributed by atoms with Gasteiger partial charge in [-0.1, -0.05) is 56.0 Å². The topological polar surface area (TPSA) is 41.6 Å². The molecular weight excluding hydrogens is 346 g/mol. The minimum atomic E-state index is -1.60. The van der Waals surface area contributed by atoms with Gasteiger partial charge < -0.3 is 0 Å². The third kappa shape index (κ3) is 3.13. The number of rotatable bonds is 3. The number of aryl methyl sites for hydroxylation is 1.